The molecule has 0 rings (SSSR count). The first kappa shape index (κ1) is 10.9. The van der Waals surface area contributed by atoms with Gasteiger partial charge in [0, 0.05) is 6.04 Å². The zero-order valence-electron chi connectivity index (χ0n) is 7.80. The van der Waals surface area contributed by atoms with Crippen molar-refractivity contribution in [2.45, 2.75) is 19.4 Å². The maximum atomic E-state index is 8.83. The van der Waals surface area contributed by atoms with Crippen LogP contribution in [0.1, 0.15) is 13.3 Å². The average Bonchev–Trinajstić information content (AvgIpc) is 2.06. The number of likely N-dealkylation sites (N-methyl/N-ethyl adjacent to an activating group) is 1. The van der Waals surface area contributed by atoms with Crippen LogP contribution in [0.15, 0.2) is 0 Å². The second kappa shape index (κ2) is 6.58. The lowest BCUT2D eigenvalue weighted by Crippen LogP contribution is -2.33. The quantitative estimate of drug-likeness (QED) is 0.570. The molecule has 0 amide bonds. The normalized spacial score (nSPS) is 13.9. The lowest BCUT2D eigenvalue weighted by Gasteiger charge is -2.18. The van der Waals surface area contributed by atoms with Crippen LogP contribution in [-0.4, -0.2) is 49.8 Å². The Hall–Kier alpha value is -0.120. The molecule has 0 saturated carbocycles. The van der Waals surface area contributed by atoms with Crippen LogP contribution in [0, 0.1) is 0 Å². The van der Waals surface area contributed by atoms with Gasteiger partial charge in [-0.15, -0.1) is 0 Å². The third-order valence-corrected chi connectivity index (χ3v) is 2.03. The highest BCUT2D eigenvalue weighted by Crippen LogP contribution is 1.92. The van der Waals surface area contributed by atoms with Crippen molar-refractivity contribution >= 4 is 0 Å². The maximum absolute atomic E-state index is 8.83. The van der Waals surface area contributed by atoms with E-state index in [4.69, 9.17) is 5.11 Å². The number of hydrogen-bond acceptors (Lipinski definition) is 3. The Morgan fingerprint density at radius 2 is 2.18 bits per heavy atom. The molecule has 0 spiro atoms. The minimum absolute atomic E-state index is 0.230. The van der Waals surface area contributed by atoms with Crippen LogP contribution in [0.2, 0.25) is 0 Å². The minimum Gasteiger partial charge on any atom is -0.395 e. The van der Waals surface area contributed by atoms with E-state index in [2.05, 4.69) is 24.2 Å². The summed E-state index contributed by atoms with van der Waals surface area (Å²) < 4.78 is 0. The molecule has 0 aliphatic carbocycles. The van der Waals surface area contributed by atoms with Gasteiger partial charge in [-0.3, -0.25) is 0 Å². The maximum Gasteiger partial charge on any atom is 0.0585 e. The molecule has 11 heavy (non-hydrogen) atoms. The van der Waals surface area contributed by atoms with Gasteiger partial charge in [0.2, 0.25) is 0 Å². The summed E-state index contributed by atoms with van der Waals surface area (Å²) in [5.41, 5.74) is 0. The third kappa shape index (κ3) is 5.18. The van der Waals surface area contributed by atoms with E-state index in [1.54, 1.807) is 0 Å². The van der Waals surface area contributed by atoms with Gasteiger partial charge in [-0.05, 0) is 33.6 Å². The molecule has 0 aromatic heterocycles. The van der Waals surface area contributed by atoms with Crippen LogP contribution in [0.5, 0.6) is 0 Å². The van der Waals surface area contributed by atoms with Crippen LogP contribution in [0.4, 0.5) is 0 Å². The van der Waals surface area contributed by atoms with Crippen molar-refractivity contribution in [1.29, 1.82) is 0 Å². The van der Waals surface area contributed by atoms with Gasteiger partial charge >= 0.3 is 0 Å². The number of aliphatic hydroxyl groups excluding tert-OH is 1. The smallest absolute Gasteiger partial charge is 0.0585 e. The van der Waals surface area contributed by atoms with Gasteiger partial charge < -0.3 is 15.3 Å². The molecule has 0 aliphatic heterocycles. The van der Waals surface area contributed by atoms with E-state index >= 15 is 0 Å². The fraction of sp³-hybridized carbons (Fsp3) is 1.00. The molecule has 0 aromatic rings. The van der Waals surface area contributed by atoms with Crippen molar-refractivity contribution in [1.82, 2.24) is 10.2 Å². The summed E-state index contributed by atoms with van der Waals surface area (Å²) in [6.45, 7) is 4.48. The van der Waals surface area contributed by atoms with Crippen LogP contribution in [-0.2, 0) is 0 Å². The minimum atomic E-state index is 0.230. The van der Waals surface area contributed by atoms with Gasteiger partial charge in [-0.25, -0.2) is 0 Å². The van der Waals surface area contributed by atoms with Crippen LogP contribution in [0.3, 0.4) is 0 Å². The molecule has 0 radical (unpaired) electrons. The molecule has 0 aliphatic rings. The highest BCUT2D eigenvalue weighted by atomic mass is 16.3. The molecule has 2 N–H and O–H groups in total. The summed E-state index contributed by atoms with van der Waals surface area (Å²) in [4.78, 5) is 2.24. The molecular formula is C8H20N2O. The van der Waals surface area contributed by atoms with E-state index in [1.165, 1.54) is 0 Å². The highest BCUT2D eigenvalue weighted by Gasteiger charge is 2.04. The Morgan fingerprint density at radius 3 is 2.55 bits per heavy atom. The first-order valence-electron chi connectivity index (χ1n) is 4.21. The van der Waals surface area contributed by atoms with E-state index in [1.807, 2.05) is 7.05 Å². The van der Waals surface area contributed by atoms with Crippen LogP contribution < -0.4 is 5.32 Å². The molecule has 0 bridgehead atoms. The number of nitrogens with one attached hydrogen (secondary N) is 1. The summed E-state index contributed by atoms with van der Waals surface area (Å²) in [5.74, 6) is 0. The Balaban J connectivity index is 3.34. The van der Waals surface area contributed by atoms with E-state index in [9.17, 15) is 0 Å². The van der Waals surface area contributed by atoms with Crippen molar-refractivity contribution in [3.05, 3.63) is 0 Å². The van der Waals surface area contributed by atoms with Crippen molar-refractivity contribution in [2.24, 2.45) is 0 Å². The number of aliphatic hydroxyl groups is 1. The SMILES string of the molecule is CCN(C)CCC(CO)NC. The molecule has 1 unspecified atom stereocenters. The Bertz CT molecular complexity index is 84.2. The molecule has 3 nitrogen and oxygen atoms in total. The summed E-state index contributed by atoms with van der Waals surface area (Å²) in [6, 6.07) is 0.254. The van der Waals surface area contributed by atoms with Crippen molar-refractivity contribution < 1.29 is 5.11 Å². The van der Waals surface area contributed by atoms with Crippen LogP contribution in [0.25, 0.3) is 0 Å². The first-order chi connectivity index (χ1) is 5.24. The Morgan fingerprint density at radius 1 is 1.55 bits per heavy atom. The largest absolute Gasteiger partial charge is 0.395 e. The Labute approximate surface area is 69.4 Å². The van der Waals surface area contributed by atoms with Gasteiger partial charge in [-0.2, -0.15) is 0 Å². The van der Waals surface area contributed by atoms with E-state index in [0.29, 0.717) is 0 Å². The molecule has 68 valence electrons. The lowest BCUT2D eigenvalue weighted by molar-refractivity contribution is 0.225. The van der Waals surface area contributed by atoms with Crippen molar-refractivity contribution in [3.63, 3.8) is 0 Å². The predicted octanol–water partition coefficient (Wildman–Crippen LogP) is -0.0915. The molecule has 0 aromatic carbocycles. The average molecular weight is 160 g/mol. The lowest BCUT2D eigenvalue weighted by atomic mass is 10.2. The molecule has 0 saturated heterocycles. The topological polar surface area (TPSA) is 35.5 Å². The summed E-state index contributed by atoms with van der Waals surface area (Å²) in [7, 11) is 3.97. The van der Waals surface area contributed by atoms with Gasteiger partial charge in [0.05, 0.1) is 6.61 Å². The third-order valence-electron chi connectivity index (χ3n) is 2.03. The fourth-order valence-electron chi connectivity index (χ4n) is 0.861. The second-order valence-electron chi connectivity index (χ2n) is 2.85. The zero-order chi connectivity index (χ0) is 8.69. The highest BCUT2D eigenvalue weighted by molar-refractivity contribution is 4.64. The zero-order valence-corrected chi connectivity index (χ0v) is 7.80. The van der Waals surface area contributed by atoms with E-state index in [-0.39, 0.29) is 12.6 Å². The van der Waals surface area contributed by atoms with Gasteiger partial charge in [-0.1, -0.05) is 6.92 Å². The van der Waals surface area contributed by atoms with Gasteiger partial charge in [0.25, 0.3) is 0 Å². The Kier molecular flexibility index (Phi) is 6.51. The summed E-state index contributed by atoms with van der Waals surface area (Å²) in [5, 5.41) is 11.9. The second-order valence-corrected chi connectivity index (χ2v) is 2.85. The summed E-state index contributed by atoms with van der Waals surface area (Å²) in [6.07, 6.45) is 1.01. The standard InChI is InChI=1S/C8H20N2O/c1-4-10(3)6-5-8(7-11)9-2/h8-9,11H,4-7H2,1-3H3. The number of hydrogen-bond donors (Lipinski definition) is 2. The number of nitrogens with zero attached hydrogens (tertiary/aromatic N) is 1. The predicted molar refractivity (Wildman–Crippen MR) is 47.7 cm³/mol. The molecular weight excluding hydrogens is 140 g/mol. The van der Waals surface area contributed by atoms with Crippen LogP contribution >= 0.6 is 0 Å². The van der Waals surface area contributed by atoms with Crippen molar-refractivity contribution in [3.8, 4) is 0 Å². The fourth-order valence-corrected chi connectivity index (χ4v) is 0.861. The first-order valence-corrected chi connectivity index (χ1v) is 4.21. The molecule has 1 atom stereocenters. The van der Waals surface area contributed by atoms with E-state index in [0.717, 1.165) is 19.5 Å². The van der Waals surface area contributed by atoms with E-state index < -0.39 is 0 Å². The number of rotatable bonds is 6. The monoisotopic (exact) mass is 160 g/mol. The molecule has 3 heteroatoms. The molecule has 0 fully saturated rings. The van der Waals surface area contributed by atoms with Gasteiger partial charge in [0.1, 0.15) is 0 Å². The van der Waals surface area contributed by atoms with Gasteiger partial charge in [0.15, 0.2) is 0 Å². The van der Waals surface area contributed by atoms with Crippen molar-refractivity contribution in [2.75, 3.05) is 33.8 Å². The summed E-state index contributed by atoms with van der Waals surface area (Å²) >= 11 is 0. The molecule has 0 heterocycles.